The molecule has 5 heteroatoms. The van der Waals surface area contributed by atoms with Crippen molar-refractivity contribution in [2.45, 2.75) is 11.6 Å². The number of nitrogens with one attached hydrogen (secondary N) is 2. The zero-order valence-corrected chi connectivity index (χ0v) is 10.3. The lowest BCUT2D eigenvalue weighted by molar-refractivity contribution is 0.629. The van der Waals surface area contributed by atoms with E-state index in [2.05, 4.69) is 15.3 Å². The first kappa shape index (κ1) is 10.9. The van der Waals surface area contributed by atoms with Gasteiger partial charge in [-0.15, -0.1) is 0 Å². The minimum atomic E-state index is -1.01. The molecule has 1 aromatic carbocycles. The van der Waals surface area contributed by atoms with E-state index in [0.29, 0.717) is 16.8 Å². The Hall–Kier alpha value is -1.20. The SMILES string of the molecule is O=[S@](C[C@@H]1CCNC1)c1nc2ccccc2[nH]1. The second kappa shape index (κ2) is 4.58. The van der Waals surface area contributed by atoms with Crippen LogP contribution in [0, 0.1) is 5.92 Å². The summed E-state index contributed by atoms with van der Waals surface area (Å²) in [6.07, 6.45) is 1.12. The molecule has 17 heavy (non-hydrogen) atoms. The van der Waals surface area contributed by atoms with Crippen LogP contribution in [0.15, 0.2) is 29.4 Å². The molecular formula is C12H15N3OS. The quantitative estimate of drug-likeness (QED) is 0.861. The molecule has 0 aliphatic carbocycles. The second-order valence-electron chi connectivity index (χ2n) is 4.43. The number of H-pyrrole nitrogens is 1. The van der Waals surface area contributed by atoms with Gasteiger partial charge in [0.05, 0.1) is 21.8 Å². The lowest BCUT2D eigenvalue weighted by atomic mass is 10.2. The van der Waals surface area contributed by atoms with Gasteiger partial charge in [0.2, 0.25) is 0 Å². The summed E-state index contributed by atoms with van der Waals surface area (Å²) in [5.41, 5.74) is 1.85. The molecule has 2 N–H and O–H groups in total. The summed E-state index contributed by atoms with van der Waals surface area (Å²) >= 11 is 0. The van der Waals surface area contributed by atoms with E-state index in [1.54, 1.807) is 0 Å². The first-order valence-electron chi connectivity index (χ1n) is 5.87. The lowest BCUT2D eigenvalue weighted by Gasteiger charge is -2.05. The molecule has 3 rings (SSSR count). The maximum absolute atomic E-state index is 12.2. The molecule has 0 amide bonds. The first-order valence-corrected chi connectivity index (χ1v) is 7.18. The van der Waals surface area contributed by atoms with Gasteiger partial charge in [-0.3, -0.25) is 4.21 Å². The van der Waals surface area contributed by atoms with Gasteiger partial charge >= 0.3 is 0 Å². The van der Waals surface area contributed by atoms with Crippen LogP contribution >= 0.6 is 0 Å². The van der Waals surface area contributed by atoms with E-state index < -0.39 is 10.8 Å². The number of fused-ring (bicyclic) bond motifs is 1. The molecule has 1 saturated heterocycles. The van der Waals surface area contributed by atoms with E-state index in [1.807, 2.05) is 24.3 Å². The highest BCUT2D eigenvalue weighted by Crippen LogP contribution is 2.16. The van der Waals surface area contributed by atoms with Gasteiger partial charge in [-0.25, -0.2) is 4.98 Å². The Morgan fingerprint density at radius 2 is 2.29 bits per heavy atom. The molecule has 2 heterocycles. The molecule has 1 aromatic heterocycles. The maximum Gasteiger partial charge on any atom is 0.197 e. The smallest absolute Gasteiger partial charge is 0.197 e. The number of benzene rings is 1. The molecule has 0 spiro atoms. The zero-order valence-electron chi connectivity index (χ0n) is 9.48. The molecule has 1 aliphatic rings. The van der Waals surface area contributed by atoms with Gasteiger partial charge in [0, 0.05) is 5.75 Å². The second-order valence-corrected chi connectivity index (χ2v) is 5.84. The van der Waals surface area contributed by atoms with E-state index in [0.717, 1.165) is 30.5 Å². The molecule has 0 radical (unpaired) electrons. The van der Waals surface area contributed by atoms with Gasteiger partial charge in [0.25, 0.3) is 0 Å². The van der Waals surface area contributed by atoms with Crippen molar-refractivity contribution in [3.8, 4) is 0 Å². The number of hydrogen-bond donors (Lipinski definition) is 2. The van der Waals surface area contributed by atoms with Crippen molar-refractivity contribution in [3.05, 3.63) is 24.3 Å². The van der Waals surface area contributed by atoms with Crippen LogP contribution in [0.3, 0.4) is 0 Å². The molecule has 2 atom stereocenters. The van der Waals surface area contributed by atoms with E-state index in [-0.39, 0.29) is 0 Å². The van der Waals surface area contributed by atoms with E-state index in [1.165, 1.54) is 0 Å². The fraction of sp³-hybridized carbons (Fsp3) is 0.417. The van der Waals surface area contributed by atoms with Crippen LogP contribution in [0.1, 0.15) is 6.42 Å². The summed E-state index contributed by atoms with van der Waals surface area (Å²) in [5.74, 6) is 1.22. The highest BCUT2D eigenvalue weighted by atomic mass is 32.2. The van der Waals surface area contributed by atoms with Crippen LogP contribution in [0.25, 0.3) is 11.0 Å². The predicted molar refractivity (Wildman–Crippen MR) is 68.3 cm³/mol. The number of imidazole rings is 1. The molecule has 1 fully saturated rings. The molecular weight excluding hydrogens is 234 g/mol. The van der Waals surface area contributed by atoms with Crippen molar-refractivity contribution in [1.82, 2.24) is 15.3 Å². The molecule has 0 unspecified atom stereocenters. The third kappa shape index (κ3) is 2.25. The minimum absolute atomic E-state index is 0.518. The topological polar surface area (TPSA) is 57.8 Å². The number of nitrogens with zero attached hydrogens (tertiary/aromatic N) is 1. The Labute approximate surface area is 102 Å². The number of para-hydroxylation sites is 2. The largest absolute Gasteiger partial charge is 0.331 e. The van der Waals surface area contributed by atoms with Crippen LogP contribution in [0.5, 0.6) is 0 Å². The van der Waals surface area contributed by atoms with Gasteiger partial charge in [-0.2, -0.15) is 0 Å². The third-order valence-corrected chi connectivity index (χ3v) is 4.53. The van der Waals surface area contributed by atoms with Crippen LogP contribution in [-0.4, -0.2) is 33.0 Å². The summed E-state index contributed by atoms with van der Waals surface area (Å²) in [6, 6.07) is 7.79. The van der Waals surface area contributed by atoms with Gasteiger partial charge in [-0.05, 0) is 37.6 Å². The van der Waals surface area contributed by atoms with Crippen LogP contribution < -0.4 is 5.32 Å². The predicted octanol–water partition coefficient (Wildman–Crippen LogP) is 1.28. The Balaban J connectivity index is 1.80. The van der Waals surface area contributed by atoms with Gasteiger partial charge in [0.15, 0.2) is 5.16 Å². The van der Waals surface area contributed by atoms with Gasteiger partial charge < -0.3 is 10.3 Å². The highest BCUT2D eigenvalue weighted by molar-refractivity contribution is 7.84. The zero-order chi connectivity index (χ0) is 11.7. The molecule has 90 valence electrons. The lowest BCUT2D eigenvalue weighted by Crippen LogP contribution is -2.15. The Bertz CT molecular complexity index is 512. The highest BCUT2D eigenvalue weighted by Gasteiger charge is 2.19. The summed E-state index contributed by atoms with van der Waals surface area (Å²) in [4.78, 5) is 7.52. The molecule has 0 bridgehead atoms. The number of aromatic amines is 1. The summed E-state index contributed by atoms with van der Waals surface area (Å²) < 4.78 is 12.2. The third-order valence-electron chi connectivity index (χ3n) is 3.13. The van der Waals surface area contributed by atoms with Crippen LogP contribution in [0.2, 0.25) is 0 Å². The summed E-state index contributed by atoms with van der Waals surface area (Å²) in [6.45, 7) is 2.02. The van der Waals surface area contributed by atoms with Crippen molar-refractivity contribution < 1.29 is 4.21 Å². The number of rotatable bonds is 3. The Kier molecular flexibility index (Phi) is 2.94. The summed E-state index contributed by atoms with van der Waals surface area (Å²) in [5, 5.41) is 3.90. The van der Waals surface area contributed by atoms with Gasteiger partial charge in [-0.1, -0.05) is 12.1 Å². The van der Waals surface area contributed by atoms with Gasteiger partial charge in [0.1, 0.15) is 0 Å². The van der Waals surface area contributed by atoms with Crippen molar-refractivity contribution in [1.29, 1.82) is 0 Å². The Morgan fingerprint density at radius 1 is 1.41 bits per heavy atom. The average molecular weight is 249 g/mol. The van der Waals surface area contributed by atoms with E-state index in [9.17, 15) is 4.21 Å². The monoisotopic (exact) mass is 249 g/mol. The molecule has 0 saturated carbocycles. The van der Waals surface area contributed by atoms with Crippen molar-refractivity contribution in [2.75, 3.05) is 18.8 Å². The van der Waals surface area contributed by atoms with E-state index in [4.69, 9.17) is 0 Å². The van der Waals surface area contributed by atoms with Crippen molar-refractivity contribution >= 4 is 21.8 Å². The Morgan fingerprint density at radius 3 is 3.06 bits per heavy atom. The standard InChI is InChI=1S/C12H15N3OS/c16-17(8-9-5-6-13-7-9)12-14-10-3-1-2-4-11(10)15-12/h1-4,9,13H,5-8H2,(H,14,15)/t9-,17-/m1/s1. The molecule has 1 aliphatic heterocycles. The average Bonchev–Trinajstić information content (AvgIpc) is 2.96. The summed E-state index contributed by atoms with van der Waals surface area (Å²) in [7, 11) is -1.01. The fourth-order valence-corrected chi connectivity index (χ4v) is 3.48. The van der Waals surface area contributed by atoms with Crippen LogP contribution in [0.4, 0.5) is 0 Å². The molecule has 2 aromatic rings. The number of aromatic nitrogens is 2. The fourth-order valence-electron chi connectivity index (χ4n) is 2.19. The first-order chi connectivity index (χ1) is 8.33. The number of hydrogen-bond acceptors (Lipinski definition) is 3. The van der Waals surface area contributed by atoms with Crippen molar-refractivity contribution in [2.24, 2.45) is 5.92 Å². The minimum Gasteiger partial charge on any atom is -0.331 e. The van der Waals surface area contributed by atoms with Crippen LogP contribution in [-0.2, 0) is 10.8 Å². The van der Waals surface area contributed by atoms with Crippen molar-refractivity contribution in [3.63, 3.8) is 0 Å². The molecule has 4 nitrogen and oxygen atoms in total. The normalized spacial score (nSPS) is 22.0. The maximum atomic E-state index is 12.2. The van der Waals surface area contributed by atoms with E-state index >= 15 is 0 Å².